The third-order valence-electron chi connectivity index (χ3n) is 7.98. The molecule has 0 saturated carbocycles. The van der Waals surface area contributed by atoms with Crippen LogP contribution in [0.4, 0.5) is 5.82 Å². The molecule has 2 aliphatic heterocycles. The second kappa shape index (κ2) is 12.3. The molecule has 9 heteroatoms. The molecule has 2 aliphatic rings. The third-order valence-corrected chi connectivity index (χ3v) is 9.56. The maximum Gasteiger partial charge on any atom is 0.240 e. The standard InChI is InChI=1S/C33H33ClN4O3S/c1-21-10-8-16-27(22(21)2)38-33-30(31(36-38)23-11-4-3-5-12-23)32(25-14-6-7-15-26(25)34)42-20-29(40)37(33)19-28(39)35-18-24-13-9-17-41-24/h3-8,10-12,14-16,24,32H,9,13,17-20H2,1-2H3,(H,35,39)/t24-,32+/m0/s1. The highest BCUT2D eigenvalue weighted by Gasteiger charge is 2.38. The van der Waals surface area contributed by atoms with Gasteiger partial charge in [-0.3, -0.25) is 14.5 Å². The van der Waals surface area contributed by atoms with Gasteiger partial charge in [0.1, 0.15) is 12.4 Å². The zero-order valence-electron chi connectivity index (χ0n) is 23.7. The van der Waals surface area contributed by atoms with Gasteiger partial charge in [0.2, 0.25) is 11.8 Å². The van der Waals surface area contributed by atoms with Crippen molar-refractivity contribution in [3.8, 4) is 16.9 Å². The van der Waals surface area contributed by atoms with Crippen LogP contribution in [0.5, 0.6) is 0 Å². The van der Waals surface area contributed by atoms with E-state index in [-0.39, 0.29) is 35.5 Å². The number of rotatable bonds is 7. The maximum absolute atomic E-state index is 13.9. The van der Waals surface area contributed by atoms with E-state index >= 15 is 0 Å². The van der Waals surface area contributed by atoms with E-state index in [4.69, 9.17) is 21.4 Å². The number of halogens is 1. The van der Waals surface area contributed by atoms with Crippen LogP contribution >= 0.6 is 23.4 Å². The van der Waals surface area contributed by atoms with Gasteiger partial charge in [0.25, 0.3) is 0 Å². The molecule has 1 aromatic heterocycles. The number of fused-ring (bicyclic) bond motifs is 1. The smallest absolute Gasteiger partial charge is 0.240 e. The number of benzene rings is 3. The number of carbonyl (C=O) groups is 2. The fourth-order valence-electron chi connectivity index (χ4n) is 5.63. The van der Waals surface area contributed by atoms with Gasteiger partial charge in [-0.05, 0) is 55.5 Å². The predicted molar refractivity (Wildman–Crippen MR) is 169 cm³/mol. The van der Waals surface area contributed by atoms with Crippen molar-refractivity contribution in [3.63, 3.8) is 0 Å². The topological polar surface area (TPSA) is 76.5 Å². The Kier molecular flexibility index (Phi) is 8.38. The number of nitrogens with one attached hydrogen (secondary N) is 1. The molecule has 0 spiro atoms. The van der Waals surface area contributed by atoms with Gasteiger partial charge in [-0.25, -0.2) is 4.68 Å². The molecule has 1 N–H and O–H groups in total. The molecular formula is C33H33ClN4O3S. The summed E-state index contributed by atoms with van der Waals surface area (Å²) in [5.74, 6) is 0.384. The summed E-state index contributed by atoms with van der Waals surface area (Å²) >= 11 is 8.30. The van der Waals surface area contributed by atoms with Crippen molar-refractivity contribution in [1.82, 2.24) is 15.1 Å². The maximum atomic E-state index is 13.9. The van der Waals surface area contributed by atoms with Crippen molar-refractivity contribution >= 4 is 41.0 Å². The summed E-state index contributed by atoms with van der Waals surface area (Å²) in [5, 5.41) is 8.53. The predicted octanol–water partition coefficient (Wildman–Crippen LogP) is 6.27. The number of nitrogens with zero attached hydrogens (tertiary/aromatic N) is 3. The lowest BCUT2D eigenvalue weighted by atomic mass is 9.99. The Hall–Kier alpha value is -3.59. The number of aromatic nitrogens is 2. The molecule has 0 aliphatic carbocycles. The van der Waals surface area contributed by atoms with Gasteiger partial charge in [0.05, 0.1) is 28.5 Å². The number of anilines is 1. The number of aryl methyl sites for hydroxylation is 1. The molecule has 1 saturated heterocycles. The van der Waals surface area contributed by atoms with Crippen molar-refractivity contribution in [1.29, 1.82) is 0 Å². The zero-order valence-corrected chi connectivity index (χ0v) is 25.3. The van der Waals surface area contributed by atoms with Crippen LogP contribution in [0.25, 0.3) is 16.9 Å². The molecule has 0 unspecified atom stereocenters. The third kappa shape index (κ3) is 5.59. The first-order valence-corrected chi connectivity index (χ1v) is 15.6. The molecule has 3 aromatic carbocycles. The summed E-state index contributed by atoms with van der Waals surface area (Å²) < 4.78 is 7.54. The Morgan fingerprint density at radius 2 is 1.86 bits per heavy atom. The van der Waals surface area contributed by atoms with Crippen LogP contribution in [0.1, 0.15) is 40.3 Å². The molecule has 216 valence electrons. The highest BCUT2D eigenvalue weighted by Crippen LogP contribution is 2.50. The van der Waals surface area contributed by atoms with E-state index in [0.29, 0.717) is 24.0 Å². The van der Waals surface area contributed by atoms with Crippen LogP contribution < -0.4 is 10.2 Å². The Bertz CT molecular complexity index is 1620. The molecule has 3 heterocycles. The van der Waals surface area contributed by atoms with Gasteiger partial charge in [0, 0.05) is 29.3 Å². The summed E-state index contributed by atoms with van der Waals surface area (Å²) in [6, 6.07) is 23.8. The van der Waals surface area contributed by atoms with Crippen LogP contribution in [0, 0.1) is 13.8 Å². The van der Waals surface area contributed by atoms with Crippen LogP contribution in [-0.4, -0.2) is 53.1 Å². The average Bonchev–Trinajstić information content (AvgIpc) is 3.63. The van der Waals surface area contributed by atoms with Crippen molar-refractivity contribution < 1.29 is 14.3 Å². The van der Waals surface area contributed by atoms with Crippen LogP contribution in [0.2, 0.25) is 5.02 Å². The number of hydrogen-bond acceptors (Lipinski definition) is 5. The quantitative estimate of drug-likeness (QED) is 0.270. The van der Waals surface area contributed by atoms with Crippen LogP contribution in [0.15, 0.2) is 72.8 Å². The fraction of sp³-hybridized carbons (Fsp3) is 0.303. The van der Waals surface area contributed by atoms with Crippen molar-refractivity contribution in [2.24, 2.45) is 0 Å². The molecule has 1 fully saturated rings. The number of ether oxygens (including phenoxy) is 1. The van der Waals surface area contributed by atoms with Gasteiger partial charge in [-0.2, -0.15) is 5.10 Å². The molecular weight excluding hydrogens is 568 g/mol. The summed E-state index contributed by atoms with van der Waals surface area (Å²) in [6.45, 7) is 5.13. The Balaban J connectivity index is 1.55. The second-order valence-electron chi connectivity index (χ2n) is 10.7. The van der Waals surface area contributed by atoms with E-state index < -0.39 is 0 Å². The minimum Gasteiger partial charge on any atom is -0.376 e. The summed E-state index contributed by atoms with van der Waals surface area (Å²) in [5.41, 5.74) is 6.45. The molecule has 2 amide bonds. The molecule has 42 heavy (non-hydrogen) atoms. The molecule has 6 rings (SSSR count). The van der Waals surface area contributed by atoms with Gasteiger partial charge in [-0.1, -0.05) is 72.3 Å². The lowest BCUT2D eigenvalue weighted by Gasteiger charge is -2.24. The van der Waals surface area contributed by atoms with Gasteiger partial charge in [0.15, 0.2) is 0 Å². The van der Waals surface area contributed by atoms with Crippen molar-refractivity contribution in [2.75, 3.05) is 30.3 Å². The van der Waals surface area contributed by atoms with E-state index in [0.717, 1.165) is 52.0 Å². The van der Waals surface area contributed by atoms with Gasteiger partial charge in [-0.15, -0.1) is 11.8 Å². The molecule has 0 radical (unpaired) electrons. The van der Waals surface area contributed by atoms with Crippen LogP contribution in [0.3, 0.4) is 0 Å². The highest BCUT2D eigenvalue weighted by molar-refractivity contribution is 8.00. The number of amides is 2. The van der Waals surface area contributed by atoms with Gasteiger partial charge < -0.3 is 10.1 Å². The van der Waals surface area contributed by atoms with E-state index in [9.17, 15) is 9.59 Å². The molecule has 4 aromatic rings. The number of carbonyl (C=O) groups excluding carboxylic acids is 2. The van der Waals surface area contributed by atoms with E-state index in [1.807, 2.05) is 71.4 Å². The summed E-state index contributed by atoms with van der Waals surface area (Å²) in [4.78, 5) is 28.9. The number of thioether (sulfide) groups is 1. The first-order chi connectivity index (χ1) is 20.4. The summed E-state index contributed by atoms with van der Waals surface area (Å²) in [6.07, 6.45) is 1.92. The SMILES string of the molecule is Cc1cccc(-n2nc(-c3ccccc3)c3c2N(CC(=O)NC[C@@H]2CCCO2)C(=O)CS[C@@H]3c2ccccc2Cl)c1C. The average molecular weight is 601 g/mol. The fourth-order valence-corrected chi connectivity index (χ4v) is 7.17. The monoisotopic (exact) mass is 600 g/mol. The first-order valence-electron chi connectivity index (χ1n) is 14.2. The number of hydrogen-bond donors (Lipinski definition) is 1. The minimum absolute atomic E-state index is 0.00894. The first kappa shape index (κ1) is 28.5. The van der Waals surface area contributed by atoms with E-state index in [2.05, 4.69) is 25.2 Å². The lowest BCUT2D eigenvalue weighted by Crippen LogP contribution is -2.44. The van der Waals surface area contributed by atoms with E-state index in [1.54, 1.807) is 4.90 Å². The normalized spacial score (nSPS) is 18.5. The molecule has 2 atom stereocenters. The molecule has 7 nitrogen and oxygen atoms in total. The Morgan fingerprint density at radius 3 is 2.62 bits per heavy atom. The summed E-state index contributed by atoms with van der Waals surface area (Å²) in [7, 11) is 0. The highest BCUT2D eigenvalue weighted by atomic mass is 35.5. The second-order valence-corrected chi connectivity index (χ2v) is 12.2. The lowest BCUT2D eigenvalue weighted by molar-refractivity contribution is -0.123. The zero-order chi connectivity index (χ0) is 29.2. The Morgan fingerprint density at radius 1 is 1.07 bits per heavy atom. The van der Waals surface area contributed by atoms with Gasteiger partial charge >= 0.3 is 0 Å². The van der Waals surface area contributed by atoms with E-state index in [1.165, 1.54) is 11.8 Å². The van der Waals surface area contributed by atoms with Crippen LogP contribution in [-0.2, 0) is 14.3 Å². The van der Waals surface area contributed by atoms with Crippen molar-refractivity contribution in [2.45, 2.75) is 38.0 Å². The molecule has 0 bridgehead atoms. The minimum atomic E-state index is -0.285. The Labute approximate surface area is 255 Å². The largest absolute Gasteiger partial charge is 0.376 e. The van der Waals surface area contributed by atoms with Crippen molar-refractivity contribution in [3.05, 3.63) is 100 Å².